The van der Waals surface area contributed by atoms with Crippen LogP contribution in [0.4, 0.5) is 0 Å². The van der Waals surface area contributed by atoms with Gasteiger partial charge in [0, 0.05) is 47.5 Å². The van der Waals surface area contributed by atoms with E-state index in [2.05, 4.69) is 122 Å². The van der Waals surface area contributed by atoms with Crippen molar-refractivity contribution in [2.75, 3.05) is 0 Å². The van der Waals surface area contributed by atoms with Crippen LogP contribution in [0.3, 0.4) is 0 Å². The van der Waals surface area contributed by atoms with Crippen molar-refractivity contribution in [2.45, 2.75) is 68.7 Å². The van der Waals surface area contributed by atoms with Gasteiger partial charge in [-0.2, -0.15) is 0 Å². The van der Waals surface area contributed by atoms with Crippen molar-refractivity contribution in [1.82, 2.24) is 9.97 Å². The second kappa shape index (κ2) is 13.2. The molecule has 3 nitrogen and oxygen atoms in total. The molecule has 5 heteroatoms. The van der Waals surface area contributed by atoms with Gasteiger partial charge in [-0.05, 0) is 92.1 Å². The van der Waals surface area contributed by atoms with Crippen LogP contribution >= 0.6 is 11.3 Å². The van der Waals surface area contributed by atoms with Crippen molar-refractivity contribution in [1.29, 1.82) is 0 Å². The van der Waals surface area contributed by atoms with Crippen molar-refractivity contribution < 1.29 is 24.5 Å². The third kappa shape index (κ3) is 6.74. The fraction of sp³-hybridized carbons (Fsp3) is 0.268. The third-order valence-electron chi connectivity index (χ3n) is 8.55. The largest absolute Gasteiger partial charge is 0.501 e. The summed E-state index contributed by atoms with van der Waals surface area (Å²) in [6, 6.07) is 25.5. The summed E-state index contributed by atoms with van der Waals surface area (Å²) in [5.41, 5.74) is 13.6. The topological polar surface area (TPSA) is 38.9 Å². The molecule has 0 aliphatic heterocycles. The Balaban J connectivity index is 0.000000220. The second-order valence-corrected chi connectivity index (χ2v) is 14.7. The number of pyridine rings is 2. The van der Waals surface area contributed by atoms with Gasteiger partial charge in [-0.3, -0.25) is 0 Å². The number of hydrogen-bond donors (Lipinski definition) is 0. The molecular formula is C41H40IrN2OS-2. The summed E-state index contributed by atoms with van der Waals surface area (Å²) >= 11 is 1.85. The monoisotopic (exact) mass is 801 g/mol. The van der Waals surface area contributed by atoms with Gasteiger partial charge in [0.15, 0.2) is 0 Å². The number of furan rings is 1. The molecule has 1 radical (unpaired) electrons. The van der Waals surface area contributed by atoms with Gasteiger partial charge in [0.2, 0.25) is 0 Å². The fourth-order valence-corrected chi connectivity index (χ4v) is 6.92. The minimum atomic E-state index is 0. The first-order valence-corrected chi connectivity index (χ1v) is 16.3. The van der Waals surface area contributed by atoms with Crippen LogP contribution in [0, 0.1) is 59.1 Å². The van der Waals surface area contributed by atoms with Gasteiger partial charge in [0.1, 0.15) is 5.58 Å². The standard InChI is InChI=1S/C27H26NOS.C14H14N.Ir/c1-15-14-28-22(12-18(15)13-27(4,5)6)20-8-7-9-21-24-23(29-25(20)21)11-10-19-16(2)17(3)30-26(19)24;1-10-4-6-13(7-5-10)14-8-11(2)12(3)9-15-14;/h7,9-12,14H,13H2,1-6H3;4-6,8-9H,1-3H3;/q2*-1;. The zero-order valence-electron chi connectivity index (χ0n) is 28.1. The summed E-state index contributed by atoms with van der Waals surface area (Å²) in [5.74, 6) is 0. The molecule has 7 aromatic rings. The maximum Gasteiger partial charge on any atom is 0.122 e. The van der Waals surface area contributed by atoms with Gasteiger partial charge in [0.25, 0.3) is 0 Å². The number of aromatic nitrogens is 2. The van der Waals surface area contributed by atoms with E-state index in [-0.39, 0.29) is 25.5 Å². The van der Waals surface area contributed by atoms with E-state index in [0.717, 1.165) is 45.5 Å². The van der Waals surface area contributed by atoms with E-state index in [1.807, 2.05) is 35.9 Å². The van der Waals surface area contributed by atoms with E-state index in [1.165, 1.54) is 53.7 Å². The van der Waals surface area contributed by atoms with E-state index in [9.17, 15) is 0 Å². The average Bonchev–Trinajstić information content (AvgIpc) is 3.52. The van der Waals surface area contributed by atoms with Crippen LogP contribution in [-0.2, 0) is 26.5 Å². The van der Waals surface area contributed by atoms with Gasteiger partial charge >= 0.3 is 0 Å². The minimum Gasteiger partial charge on any atom is -0.501 e. The van der Waals surface area contributed by atoms with Crippen LogP contribution in [-0.4, -0.2) is 9.97 Å². The van der Waals surface area contributed by atoms with Crippen LogP contribution < -0.4 is 0 Å². The molecule has 0 aliphatic rings. The van der Waals surface area contributed by atoms with E-state index in [4.69, 9.17) is 9.40 Å². The first-order chi connectivity index (χ1) is 21.4. The van der Waals surface area contributed by atoms with Crippen LogP contribution in [0.2, 0.25) is 0 Å². The molecule has 0 aliphatic carbocycles. The number of fused-ring (bicyclic) bond motifs is 5. The summed E-state index contributed by atoms with van der Waals surface area (Å²) in [4.78, 5) is 10.5. The van der Waals surface area contributed by atoms with Crippen molar-refractivity contribution in [3.8, 4) is 22.5 Å². The van der Waals surface area contributed by atoms with E-state index in [0.29, 0.717) is 0 Å². The Labute approximate surface area is 290 Å². The van der Waals surface area contributed by atoms with Gasteiger partial charge in [-0.25, -0.2) is 0 Å². The predicted octanol–water partition coefficient (Wildman–Crippen LogP) is 11.6. The first kappa shape index (κ1) is 33.7. The Morgan fingerprint density at radius 3 is 2.22 bits per heavy atom. The van der Waals surface area contributed by atoms with Crippen LogP contribution in [0.1, 0.15) is 59.0 Å². The molecule has 0 atom stereocenters. The molecule has 46 heavy (non-hydrogen) atoms. The van der Waals surface area contributed by atoms with Crippen molar-refractivity contribution in [3.63, 3.8) is 0 Å². The minimum absolute atomic E-state index is 0. The zero-order valence-corrected chi connectivity index (χ0v) is 31.3. The second-order valence-electron chi connectivity index (χ2n) is 13.5. The Kier molecular flexibility index (Phi) is 9.70. The van der Waals surface area contributed by atoms with Gasteiger partial charge in [-0.1, -0.05) is 61.9 Å². The molecule has 0 amide bonds. The molecule has 0 fully saturated rings. The maximum atomic E-state index is 6.40. The van der Waals surface area contributed by atoms with Crippen LogP contribution in [0.5, 0.6) is 0 Å². The van der Waals surface area contributed by atoms with Crippen LogP contribution in [0.25, 0.3) is 54.5 Å². The summed E-state index contributed by atoms with van der Waals surface area (Å²) in [5, 5.41) is 3.68. The molecule has 3 aromatic carbocycles. The van der Waals surface area contributed by atoms with Crippen LogP contribution in [0.15, 0.2) is 71.4 Å². The quantitative estimate of drug-likeness (QED) is 0.167. The molecule has 4 heterocycles. The fourth-order valence-electron chi connectivity index (χ4n) is 5.71. The molecule has 0 saturated heterocycles. The number of thiophene rings is 1. The summed E-state index contributed by atoms with van der Waals surface area (Å²) < 4.78 is 7.71. The average molecular weight is 801 g/mol. The molecule has 4 aromatic heterocycles. The van der Waals surface area contributed by atoms with Crippen molar-refractivity contribution in [2.24, 2.45) is 5.41 Å². The van der Waals surface area contributed by atoms with Crippen molar-refractivity contribution >= 4 is 43.4 Å². The van der Waals surface area contributed by atoms with Gasteiger partial charge in [0.05, 0.1) is 5.58 Å². The summed E-state index contributed by atoms with van der Waals surface area (Å²) in [7, 11) is 0. The maximum absolute atomic E-state index is 6.40. The zero-order chi connectivity index (χ0) is 32.0. The number of nitrogens with zero attached hydrogens (tertiary/aromatic N) is 2. The van der Waals surface area contributed by atoms with E-state index < -0.39 is 0 Å². The number of benzene rings is 3. The predicted molar refractivity (Wildman–Crippen MR) is 191 cm³/mol. The van der Waals surface area contributed by atoms with E-state index in [1.54, 1.807) is 0 Å². The third-order valence-corrected chi connectivity index (χ3v) is 9.79. The number of hydrogen-bond acceptors (Lipinski definition) is 4. The summed E-state index contributed by atoms with van der Waals surface area (Å²) in [6.45, 7) is 19.6. The molecule has 7 rings (SSSR count). The molecule has 0 N–H and O–H groups in total. The Morgan fingerprint density at radius 1 is 0.783 bits per heavy atom. The molecule has 0 spiro atoms. The Hall–Kier alpha value is -3.63. The number of aryl methyl sites for hydroxylation is 6. The molecule has 0 bridgehead atoms. The molecular weight excluding hydrogens is 761 g/mol. The molecule has 0 unspecified atom stereocenters. The Bertz CT molecular complexity index is 2180. The molecule has 237 valence electrons. The SMILES string of the molecule is Cc1c[c-]c(-c2cc(C)c(C)cn2)cc1.Cc1cnc(-c2[c-]ccc3c2oc2ccc4c(C)c(C)sc4c23)cc1CC(C)(C)C.[Ir]. The summed E-state index contributed by atoms with van der Waals surface area (Å²) in [6.07, 6.45) is 4.91. The van der Waals surface area contributed by atoms with E-state index >= 15 is 0 Å². The first-order valence-electron chi connectivity index (χ1n) is 15.5. The smallest absolute Gasteiger partial charge is 0.122 e. The number of rotatable bonds is 3. The molecule has 0 saturated carbocycles. The Morgan fingerprint density at radius 2 is 1.52 bits per heavy atom. The van der Waals surface area contributed by atoms with Gasteiger partial charge in [-0.15, -0.1) is 64.9 Å². The van der Waals surface area contributed by atoms with Gasteiger partial charge < -0.3 is 14.4 Å². The van der Waals surface area contributed by atoms with Crippen molar-refractivity contribution in [3.05, 3.63) is 117 Å². The normalized spacial score (nSPS) is 11.5.